The van der Waals surface area contributed by atoms with Gasteiger partial charge in [0.25, 0.3) is 10.0 Å². The summed E-state index contributed by atoms with van der Waals surface area (Å²) in [6, 6.07) is 11.9. The number of hydrogen-bond acceptors (Lipinski definition) is 4. The van der Waals surface area contributed by atoms with Crippen LogP contribution in [0, 0.1) is 0 Å². The van der Waals surface area contributed by atoms with Gasteiger partial charge in [-0.2, -0.15) is 0 Å². The maximum atomic E-state index is 13.9. The average molecular weight is 503 g/mol. The molecule has 166 valence electrons. The first-order valence-corrected chi connectivity index (χ1v) is 13.2. The molecule has 0 radical (unpaired) electrons. The van der Waals surface area contributed by atoms with E-state index in [1.54, 1.807) is 44.3 Å². The lowest BCUT2D eigenvalue weighted by molar-refractivity contribution is 0.317. The number of aromatic nitrogens is 1. The van der Waals surface area contributed by atoms with Gasteiger partial charge in [0.15, 0.2) is 5.28 Å². The molecule has 0 atom stereocenters. The fraction of sp³-hybridized carbons (Fsp3) is 0.250. The minimum Gasteiger partial charge on any atom is -0.323 e. The summed E-state index contributed by atoms with van der Waals surface area (Å²) < 4.78 is 41.5. The molecule has 2 aromatic carbocycles. The Morgan fingerprint density at radius 1 is 1.03 bits per heavy atom. The topological polar surface area (TPSA) is 108 Å². The predicted molar refractivity (Wildman–Crippen MR) is 123 cm³/mol. The van der Waals surface area contributed by atoms with Crippen molar-refractivity contribution < 1.29 is 22.8 Å². The second kappa shape index (κ2) is 8.70. The summed E-state index contributed by atoms with van der Waals surface area (Å²) >= 11 is 12.1. The molecular weight excluding hydrogens is 482 g/mol. The van der Waals surface area contributed by atoms with Crippen LogP contribution in [0.3, 0.4) is 0 Å². The van der Waals surface area contributed by atoms with Crippen LogP contribution in [0.1, 0.15) is 26.7 Å². The van der Waals surface area contributed by atoms with Crippen molar-refractivity contribution in [3.05, 3.63) is 64.8 Å². The molecule has 7 nitrogen and oxygen atoms in total. The monoisotopic (exact) mass is 502 g/mol. The van der Waals surface area contributed by atoms with Gasteiger partial charge >= 0.3 is 7.60 Å². The Kier molecular flexibility index (Phi) is 6.73. The molecule has 0 aliphatic carbocycles. The van der Waals surface area contributed by atoms with Crippen LogP contribution in [0.25, 0.3) is 10.9 Å². The summed E-state index contributed by atoms with van der Waals surface area (Å²) in [5, 5.41) is -1.44. The van der Waals surface area contributed by atoms with E-state index in [1.807, 2.05) is 0 Å². The molecule has 31 heavy (non-hydrogen) atoms. The molecule has 3 aromatic rings. The van der Waals surface area contributed by atoms with Crippen LogP contribution < -0.4 is 4.31 Å². The Morgan fingerprint density at radius 3 is 2.19 bits per heavy atom. The van der Waals surface area contributed by atoms with Crippen LogP contribution in [0.2, 0.25) is 10.0 Å². The highest BCUT2D eigenvalue weighted by Gasteiger charge is 2.54. The van der Waals surface area contributed by atoms with Crippen LogP contribution >= 0.6 is 30.8 Å². The largest absolute Gasteiger partial charge is 0.351 e. The van der Waals surface area contributed by atoms with E-state index in [4.69, 9.17) is 23.2 Å². The van der Waals surface area contributed by atoms with Gasteiger partial charge in [-0.3, -0.25) is 9.55 Å². The molecule has 0 fully saturated rings. The molecule has 11 heteroatoms. The number of sulfonamides is 1. The van der Waals surface area contributed by atoms with Crippen molar-refractivity contribution in [2.24, 2.45) is 0 Å². The van der Waals surface area contributed by atoms with Gasteiger partial charge in [-0.25, -0.2) is 12.7 Å². The molecule has 1 aromatic heterocycles. The van der Waals surface area contributed by atoms with E-state index >= 15 is 0 Å². The SMILES string of the molecule is CCC(CC)(N(c1cccc2ncccc12)S(=O)(=O)c1cc(Cl)cc(Cl)c1)P(=O)(O)O. The molecule has 0 bridgehead atoms. The van der Waals surface area contributed by atoms with Crippen molar-refractivity contribution in [3.63, 3.8) is 0 Å². The summed E-state index contributed by atoms with van der Waals surface area (Å²) in [7, 11) is -9.50. The van der Waals surface area contributed by atoms with Crippen LogP contribution in [0.4, 0.5) is 5.69 Å². The predicted octanol–water partition coefficient (Wildman–Crippen LogP) is 5.43. The molecule has 0 spiro atoms. The van der Waals surface area contributed by atoms with Crippen LogP contribution in [-0.2, 0) is 14.6 Å². The van der Waals surface area contributed by atoms with Gasteiger partial charge in [0.2, 0.25) is 0 Å². The third kappa shape index (κ3) is 4.21. The third-order valence-electron chi connectivity index (χ3n) is 5.27. The average Bonchev–Trinajstić information content (AvgIpc) is 2.70. The fourth-order valence-corrected chi connectivity index (χ4v) is 8.04. The summed E-state index contributed by atoms with van der Waals surface area (Å²) in [5.41, 5.74) is 0.588. The van der Waals surface area contributed by atoms with Gasteiger partial charge in [0.1, 0.15) is 0 Å². The molecule has 0 unspecified atom stereocenters. The summed E-state index contributed by atoms with van der Waals surface area (Å²) in [5.74, 6) is 0. The number of anilines is 1. The smallest absolute Gasteiger partial charge is 0.323 e. The lowest BCUT2D eigenvalue weighted by Crippen LogP contribution is -2.51. The first-order valence-electron chi connectivity index (χ1n) is 9.39. The quantitative estimate of drug-likeness (QED) is 0.417. The molecule has 1 heterocycles. The Labute approximate surface area is 190 Å². The van der Waals surface area contributed by atoms with Gasteiger partial charge < -0.3 is 9.79 Å². The Bertz CT molecular complexity index is 1250. The molecule has 0 amide bonds. The number of nitrogens with zero attached hydrogens (tertiary/aromatic N) is 2. The zero-order valence-corrected chi connectivity index (χ0v) is 20.0. The first-order chi connectivity index (χ1) is 14.5. The van der Waals surface area contributed by atoms with Gasteiger partial charge in [0, 0.05) is 21.6 Å². The Morgan fingerprint density at radius 2 is 1.65 bits per heavy atom. The Balaban J connectivity index is 2.46. The molecule has 0 saturated carbocycles. The third-order valence-corrected chi connectivity index (χ3v) is 9.62. The van der Waals surface area contributed by atoms with E-state index in [-0.39, 0.29) is 33.5 Å². The number of rotatable bonds is 7. The molecule has 2 N–H and O–H groups in total. The maximum Gasteiger partial charge on any atom is 0.351 e. The van der Waals surface area contributed by atoms with E-state index < -0.39 is 22.9 Å². The summed E-state index contributed by atoms with van der Waals surface area (Å²) in [6.07, 6.45) is 1.27. The van der Waals surface area contributed by atoms with E-state index in [9.17, 15) is 22.8 Å². The Hall–Kier alpha value is -1.67. The fourth-order valence-electron chi connectivity index (χ4n) is 3.69. The van der Waals surface area contributed by atoms with Gasteiger partial charge in [-0.15, -0.1) is 0 Å². The highest BCUT2D eigenvalue weighted by molar-refractivity contribution is 7.93. The van der Waals surface area contributed by atoms with Crippen LogP contribution in [0.15, 0.2) is 59.6 Å². The number of pyridine rings is 1. The van der Waals surface area contributed by atoms with Gasteiger partial charge in [0.05, 0.1) is 16.1 Å². The first kappa shape index (κ1) is 24.0. The van der Waals surface area contributed by atoms with Crippen molar-refractivity contribution in [1.29, 1.82) is 0 Å². The van der Waals surface area contributed by atoms with Crippen molar-refractivity contribution in [2.75, 3.05) is 4.31 Å². The van der Waals surface area contributed by atoms with Crippen LogP contribution in [0.5, 0.6) is 0 Å². The standard InChI is InChI=1S/C20H21Cl2N2O5PS/c1-3-20(4-2,30(25,26)27)24(19-9-5-8-18-17(19)7-6-10-23-18)31(28,29)16-12-14(21)11-15(22)13-16/h5-13H,3-4H2,1-2H3,(H2,25,26,27). The number of hydrogen-bond donors (Lipinski definition) is 2. The van der Waals surface area contributed by atoms with E-state index in [0.717, 1.165) is 4.31 Å². The summed E-state index contributed by atoms with van der Waals surface area (Å²) in [6.45, 7) is 3.08. The molecule has 0 aliphatic rings. The van der Waals surface area contributed by atoms with Crippen molar-refractivity contribution >= 4 is 57.4 Å². The summed E-state index contributed by atoms with van der Waals surface area (Å²) in [4.78, 5) is 24.7. The maximum absolute atomic E-state index is 13.9. The number of fused-ring (bicyclic) bond motifs is 1. The van der Waals surface area contributed by atoms with Crippen molar-refractivity contribution in [1.82, 2.24) is 4.98 Å². The molecule has 0 saturated heterocycles. The molecule has 3 rings (SSSR count). The van der Waals surface area contributed by atoms with Gasteiger partial charge in [-0.1, -0.05) is 43.1 Å². The number of halogens is 2. The highest BCUT2D eigenvalue weighted by atomic mass is 35.5. The van der Waals surface area contributed by atoms with E-state index in [0.29, 0.717) is 10.9 Å². The van der Waals surface area contributed by atoms with E-state index in [1.165, 1.54) is 24.3 Å². The normalized spacial score (nSPS) is 12.8. The molecular formula is C20H21Cl2N2O5PS. The second-order valence-electron chi connectivity index (χ2n) is 6.96. The van der Waals surface area contributed by atoms with Crippen molar-refractivity contribution in [3.8, 4) is 0 Å². The van der Waals surface area contributed by atoms with Gasteiger partial charge in [-0.05, 0) is 55.3 Å². The van der Waals surface area contributed by atoms with E-state index in [2.05, 4.69) is 4.98 Å². The zero-order valence-electron chi connectivity index (χ0n) is 16.7. The minimum absolute atomic E-state index is 0.0837. The highest BCUT2D eigenvalue weighted by Crippen LogP contribution is 2.59. The minimum atomic E-state index is -4.99. The number of benzene rings is 2. The van der Waals surface area contributed by atoms with Crippen molar-refractivity contribution in [2.45, 2.75) is 36.9 Å². The zero-order chi connectivity index (χ0) is 23.0. The lowest BCUT2D eigenvalue weighted by atomic mass is 10.1. The lowest BCUT2D eigenvalue weighted by Gasteiger charge is -2.43. The second-order valence-corrected chi connectivity index (χ2v) is 11.5. The molecule has 0 aliphatic heterocycles. The van der Waals surface area contributed by atoms with Crippen LogP contribution in [-0.4, -0.2) is 28.5 Å².